The maximum absolute atomic E-state index is 12.8. The van der Waals surface area contributed by atoms with Crippen molar-refractivity contribution in [3.05, 3.63) is 59.2 Å². The summed E-state index contributed by atoms with van der Waals surface area (Å²) in [5, 5.41) is 9.02. The van der Waals surface area contributed by atoms with E-state index in [2.05, 4.69) is 0 Å². The van der Waals surface area contributed by atoms with Gasteiger partial charge in [0.25, 0.3) is 5.91 Å². The van der Waals surface area contributed by atoms with Crippen LogP contribution < -0.4 is 9.47 Å². The Hall–Kier alpha value is -2.86. The van der Waals surface area contributed by atoms with Gasteiger partial charge in [0.15, 0.2) is 5.78 Å². The summed E-state index contributed by atoms with van der Waals surface area (Å²) >= 11 is 0. The third kappa shape index (κ3) is 3.64. The first kappa shape index (κ1) is 17.0. The minimum absolute atomic E-state index is 0.113. The van der Waals surface area contributed by atoms with Crippen LogP contribution in [0.4, 0.5) is 0 Å². The molecule has 25 heavy (non-hydrogen) atoms. The van der Waals surface area contributed by atoms with Crippen molar-refractivity contribution in [2.75, 3.05) is 26.9 Å². The molecular formula is C19H19NO5. The van der Waals surface area contributed by atoms with Gasteiger partial charge in [0.2, 0.25) is 0 Å². The topological polar surface area (TPSA) is 76.1 Å². The first-order valence-electron chi connectivity index (χ1n) is 7.95. The number of Topliss-reactive ketones (excluding diaryl/α,β-unsaturated/α-hetero) is 1. The molecule has 0 atom stereocenters. The van der Waals surface area contributed by atoms with Gasteiger partial charge in [-0.25, -0.2) is 0 Å². The van der Waals surface area contributed by atoms with Crippen LogP contribution in [-0.2, 0) is 6.54 Å². The Labute approximate surface area is 145 Å². The van der Waals surface area contributed by atoms with Crippen LogP contribution in [0, 0.1) is 0 Å². The summed E-state index contributed by atoms with van der Waals surface area (Å²) in [7, 11) is 1.57. The molecule has 0 bridgehead atoms. The van der Waals surface area contributed by atoms with E-state index in [0.29, 0.717) is 42.3 Å². The molecule has 0 fully saturated rings. The second-order valence-corrected chi connectivity index (χ2v) is 5.71. The molecule has 0 spiro atoms. The van der Waals surface area contributed by atoms with E-state index in [1.807, 2.05) is 0 Å². The minimum Gasteiger partial charge on any atom is -0.497 e. The van der Waals surface area contributed by atoms with E-state index in [9.17, 15) is 9.59 Å². The zero-order valence-corrected chi connectivity index (χ0v) is 13.9. The average molecular weight is 341 g/mol. The molecule has 0 aliphatic carbocycles. The molecule has 0 saturated heterocycles. The maximum atomic E-state index is 12.8. The Morgan fingerprint density at radius 3 is 2.56 bits per heavy atom. The summed E-state index contributed by atoms with van der Waals surface area (Å²) < 4.78 is 10.8. The number of amides is 1. The Morgan fingerprint density at radius 2 is 1.88 bits per heavy atom. The fourth-order valence-corrected chi connectivity index (χ4v) is 2.75. The summed E-state index contributed by atoms with van der Waals surface area (Å²) in [6.45, 7) is 0.617. The van der Waals surface area contributed by atoms with E-state index >= 15 is 0 Å². The predicted molar refractivity (Wildman–Crippen MR) is 91.1 cm³/mol. The highest BCUT2D eigenvalue weighted by molar-refractivity contribution is 5.97. The Kier molecular flexibility index (Phi) is 5.00. The van der Waals surface area contributed by atoms with E-state index in [-0.39, 0.29) is 11.7 Å². The van der Waals surface area contributed by atoms with Crippen molar-refractivity contribution in [3.63, 3.8) is 0 Å². The zero-order chi connectivity index (χ0) is 17.8. The van der Waals surface area contributed by atoms with E-state index in [0.717, 1.165) is 5.56 Å². The number of hydrogen-bond donors (Lipinski definition) is 1. The molecule has 0 saturated carbocycles. The van der Waals surface area contributed by atoms with Crippen molar-refractivity contribution in [3.8, 4) is 11.5 Å². The molecule has 3 rings (SSSR count). The number of methoxy groups -OCH3 is 1. The summed E-state index contributed by atoms with van der Waals surface area (Å²) in [6.07, 6.45) is 0. The number of aliphatic hydroxyl groups excluding tert-OH is 1. The Balaban J connectivity index is 1.84. The molecule has 6 nitrogen and oxygen atoms in total. The van der Waals surface area contributed by atoms with Gasteiger partial charge in [-0.05, 0) is 42.5 Å². The number of rotatable bonds is 4. The molecule has 1 N–H and O–H groups in total. The van der Waals surface area contributed by atoms with Gasteiger partial charge < -0.3 is 19.5 Å². The largest absolute Gasteiger partial charge is 0.497 e. The van der Waals surface area contributed by atoms with Crippen molar-refractivity contribution in [2.45, 2.75) is 6.54 Å². The van der Waals surface area contributed by atoms with Crippen molar-refractivity contribution < 1.29 is 24.2 Å². The maximum Gasteiger partial charge on any atom is 0.254 e. The molecule has 1 aliphatic rings. The number of carbonyl (C=O) groups is 2. The summed E-state index contributed by atoms with van der Waals surface area (Å²) in [5.41, 5.74) is 1.72. The normalized spacial score (nSPS) is 13.4. The lowest BCUT2D eigenvalue weighted by Gasteiger charge is -2.20. The third-order valence-corrected chi connectivity index (χ3v) is 4.13. The van der Waals surface area contributed by atoms with Gasteiger partial charge in [-0.15, -0.1) is 0 Å². The van der Waals surface area contributed by atoms with Gasteiger partial charge in [-0.3, -0.25) is 9.59 Å². The average Bonchev–Trinajstić information content (AvgIpc) is 2.88. The number of aliphatic hydroxyl groups is 1. The van der Waals surface area contributed by atoms with Crippen LogP contribution in [0.25, 0.3) is 0 Å². The minimum atomic E-state index is -0.547. The molecule has 0 aromatic heterocycles. The number of carbonyl (C=O) groups excluding carboxylic acids is 2. The molecule has 0 radical (unpaired) electrons. The van der Waals surface area contributed by atoms with E-state index in [1.165, 1.54) is 0 Å². The molecule has 1 aliphatic heterocycles. The Morgan fingerprint density at radius 1 is 1.16 bits per heavy atom. The second kappa shape index (κ2) is 7.36. The van der Waals surface area contributed by atoms with Crippen molar-refractivity contribution in [2.24, 2.45) is 0 Å². The lowest BCUT2D eigenvalue weighted by Crippen LogP contribution is -2.32. The molecule has 1 heterocycles. The number of ether oxygens (including phenoxy) is 2. The molecule has 2 aromatic rings. The van der Waals surface area contributed by atoms with Crippen LogP contribution in [0.5, 0.6) is 11.5 Å². The third-order valence-electron chi connectivity index (χ3n) is 4.13. The molecule has 2 aromatic carbocycles. The van der Waals surface area contributed by atoms with Gasteiger partial charge in [-0.2, -0.15) is 0 Å². The first-order valence-corrected chi connectivity index (χ1v) is 7.95. The fourth-order valence-electron chi connectivity index (χ4n) is 2.75. The summed E-state index contributed by atoms with van der Waals surface area (Å²) in [5.74, 6) is 0.867. The van der Waals surface area contributed by atoms with Crippen LogP contribution in [-0.4, -0.2) is 48.6 Å². The van der Waals surface area contributed by atoms with E-state index in [4.69, 9.17) is 14.6 Å². The van der Waals surface area contributed by atoms with Gasteiger partial charge >= 0.3 is 0 Å². The van der Waals surface area contributed by atoms with Crippen LogP contribution in [0.3, 0.4) is 0 Å². The summed E-state index contributed by atoms with van der Waals surface area (Å²) in [4.78, 5) is 26.1. The summed E-state index contributed by atoms with van der Waals surface area (Å²) in [6, 6.07) is 11.9. The number of hydrogen-bond acceptors (Lipinski definition) is 5. The van der Waals surface area contributed by atoms with Gasteiger partial charge in [0, 0.05) is 23.2 Å². The number of fused-ring (bicyclic) bond motifs is 1. The van der Waals surface area contributed by atoms with E-state index < -0.39 is 6.61 Å². The highest BCUT2D eigenvalue weighted by atomic mass is 16.5. The lowest BCUT2D eigenvalue weighted by molar-refractivity contribution is 0.0733. The number of nitrogens with zero attached hydrogens (tertiary/aromatic N) is 1. The number of benzene rings is 2. The van der Waals surface area contributed by atoms with Gasteiger partial charge in [0.05, 0.1) is 13.7 Å². The Bertz CT molecular complexity index is 785. The molecule has 130 valence electrons. The lowest BCUT2D eigenvalue weighted by atomic mass is 10.1. The SMILES string of the molecule is COc1ccc(C(=O)N2CCOc3ccc(C(=O)CO)cc3C2)cc1. The quantitative estimate of drug-likeness (QED) is 0.860. The highest BCUT2D eigenvalue weighted by Gasteiger charge is 2.22. The highest BCUT2D eigenvalue weighted by Crippen LogP contribution is 2.25. The molecular weight excluding hydrogens is 322 g/mol. The standard InChI is InChI=1S/C19H19NO5/c1-24-16-5-2-13(3-6-16)19(23)20-8-9-25-18-7-4-14(17(22)12-21)10-15(18)11-20/h2-7,10,21H,8-9,11-12H2,1H3. The van der Waals surface area contributed by atoms with Crippen molar-refractivity contribution in [1.82, 2.24) is 4.90 Å². The van der Waals surface area contributed by atoms with Crippen molar-refractivity contribution >= 4 is 11.7 Å². The smallest absolute Gasteiger partial charge is 0.254 e. The zero-order valence-electron chi connectivity index (χ0n) is 13.9. The van der Waals surface area contributed by atoms with Crippen LogP contribution in [0.2, 0.25) is 0 Å². The van der Waals surface area contributed by atoms with Gasteiger partial charge in [-0.1, -0.05) is 0 Å². The van der Waals surface area contributed by atoms with Crippen LogP contribution in [0.1, 0.15) is 26.3 Å². The van der Waals surface area contributed by atoms with E-state index in [1.54, 1.807) is 54.5 Å². The molecule has 6 heteroatoms. The van der Waals surface area contributed by atoms with Crippen LogP contribution in [0.15, 0.2) is 42.5 Å². The van der Waals surface area contributed by atoms with Crippen LogP contribution >= 0.6 is 0 Å². The number of ketones is 1. The first-order chi connectivity index (χ1) is 12.1. The molecule has 1 amide bonds. The monoisotopic (exact) mass is 341 g/mol. The molecule has 0 unspecified atom stereocenters. The van der Waals surface area contributed by atoms with Crippen molar-refractivity contribution in [1.29, 1.82) is 0 Å². The second-order valence-electron chi connectivity index (χ2n) is 5.71. The van der Waals surface area contributed by atoms with Gasteiger partial charge in [0.1, 0.15) is 24.7 Å². The fraction of sp³-hybridized carbons (Fsp3) is 0.263. The predicted octanol–water partition coefficient (Wildman–Crippen LogP) is 1.91.